The van der Waals surface area contributed by atoms with E-state index in [0.29, 0.717) is 41.9 Å². The molecule has 2 saturated carbocycles. The van der Waals surface area contributed by atoms with E-state index in [4.69, 9.17) is 20.4 Å². The third kappa shape index (κ3) is 4.71. The number of pyridine rings is 1. The average molecular weight is 643 g/mol. The molecule has 0 spiro atoms. The number of ether oxygens (including phenoxy) is 1. The van der Waals surface area contributed by atoms with Gasteiger partial charge < -0.3 is 29.4 Å². The van der Waals surface area contributed by atoms with Gasteiger partial charge in [0.25, 0.3) is 5.91 Å². The maximum atomic E-state index is 14.0. The van der Waals surface area contributed by atoms with E-state index in [1.807, 2.05) is 29.3 Å². The lowest BCUT2D eigenvalue weighted by Crippen LogP contribution is -2.41. The van der Waals surface area contributed by atoms with Gasteiger partial charge in [-0.05, 0) is 80.2 Å². The second-order valence-electron chi connectivity index (χ2n) is 14.0. The lowest BCUT2D eigenvalue weighted by molar-refractivity contribution is 0.0700. The fraction of sp³-hybridized carbons (Fsp3) is 0.444. The van der Waals surface area contributed by atoms with Gasteiger partial charge in [0, 0.05) is 62.0 Å². The molecule has 4 atom stereocenters. The van der Waals surface area contributed by atoms with Crippen molar-refractivity contribution >= 4 is 33.7 Å². The van der Waals surface area contributed by atoms with Crippen LogP contribution in [0.5, 0.6) is 5.75 Å². The molecule has 12 heteroatoms. The van der Waals surface area contributed by atoms with E-state index < -0.39 is 0 Å². The van der Waals surface area contributed by atoms with Crippen molar-refractivity contribution in [1.82, 2.24) is 34.0 Å². The summed E-state index contributed by atoms with van der Waals surface area (Å²) in [5, 5.41) is 10.8. The van der Waals surface area contributed by atoms with Crippen LogP contribution >= 0.6 is 0 Å². The van der Waals surface area contributed by atoms with Crippen LogP contribution in [0, 0.1) is 29.1 Å². The van der Waals surface area contributed by atoms with Crippen LogP contribution in [0.4, 0.5) is 5.69 Å². The zero-order chi connectivity index (χ0) is 32.5. The maximum absolute atomic E-state index is 14.0. The molecule has 4 aliphatic rings. The van der Waals surface area contributed by atoms with Crippen molar-refractivity contribution in [2.75, 3.05) is 31.6 Å². The summed E-state index contributed by atoms with van der Waals surface area (Å²) in [7, 11) is 1.66. The number of hydrogen-bond donors (Lipinski definition) is 1. The van der Waals surface area contributed by atoms with Gasteiger partial charge in [-0.1, -0.05) is 0 Å². The monoisotopic (exact) mass is 642 g/mol. The van der Waals surface area contributed by atoms with Gasteiger partial charge in [-0.3, -0.25) is 4.79 Å². The molecular formula is C36H38N10O2. The standard InChI is InChI=1S/C36H38N10O2/c1-48-31-13-25(36(47)45-19-24-6-7-28(45)32(24)38)11-26-33(31)46(18-22-8-10-43(16-22)30-15-39-20-41-27(30)14-37)35(42-26)29-12-23-3-2-9-40-34(23)44(29)17-21-4-5-21/h2-3,9,11-13,15,20-22,24,28,32H,4-8,10,16-19,38H2,1H3/t22-,24+,28+,32+/m0/s1. The van der Waals surface area contributed by atoms with Gasteiger partial charge in [-0.25, -0.2) is 19.9 Å². The zero-order valence-electron chi connectivity index (χ0n) is 27.0. The van der Waals surface area contributed by atoms with Crippen LogP contribution in [-0.2, 0) is 13.1 Å². The number of methoxy groups -OCH3 is 1. The molecule has 48 heavy (non-hydrogen) atoms. The molecule has 1 aromatic carbocycles. The summed E-state index contributed by atoms with van der Waals surface area (Å²) in [6.07, 6.45) is 10.4. The number of amides is 1. The van der Waals surface area contributed by atoms with E-state index in [2.05, 4.69) is 42.2 Å². The Morgan fingerprint density at radius 1 is 1.06 bits per heavy atom. The summed E-state index contributed by atoms with van der Waals surface area (Å²) in [4.78, 5) is 36.7. The Kier molecular flexibility index (Phi) is 6.86. The zero-order valence-corrected chi connectivity index (χ0v) is 27.0. The van der Waals surface area contributed by atoms with Crippen molar-refractivity contribution in [3.63, 3.8) is 0 Å². The molecule has 244 valence electrons. The van der Waals surface area contributed by atoms with Crippen molar-refractivity contribution in [1.29, 1.82) is 5.26 Å². The lowest BCUT2D eigenvalue weighted by atomic mass is 10.1. The van der Waals surface area contributed by atoms with Crippen molar-refractivity contribution in [3.8, 4) is 23.3 Å². The third-order valence-electron chi connectivity index (χ3n) is 11.1. The summed E-state index contributed by atoms with van der Waals surface area (Å²) in [6, 6.07) is 12.5. The summed E-state index contributed by atoms with van der Waals surface area (Å²) in [6.45, 7) is 3.84. The predicted molar refractivity (Wildman–Crippen MR) is 180 cm³/mol. The van der Waals surface area contributed by atoms with Gasteiger partial charge in [-0.15, -0.1) is 0 Å². The number of benzene rings is 1. The molecule has 6 heterocycles. The minimum atomic E-state index is -0.00851. The van der Waals surface area contributed by atoms with Crippen LogP contribution in [-0.4, -0.2) is 78.7 Å². The summed E-state index contributed by atoms with van der Waals surface area (Å²) in [5.74, 6) is 2.73. The highest BCUT2D eigenvalue weighted by Gasteiger charge is 2.47. The number of aromatic nitrogens is 6. The van der Waals surface area contributed by atoms with Crippen LogP contribution in [0.25, 0.3) is 33.6 Å². The molecule has 0 unspecified atom stereocenters. The van der Waals surface area contributed by atoms with Gasteiger partial charge in [0.1, 0.15) is 29.3 Å². The Balaban J connectivity index is 1.16. The van der Waals surface area contributed by atoms with Crippen LogP contribution in [0.3, 0.4) is 0 Å². The molecule has 12 nitrogen and oxygen atoms in total. The van der Waals surface area contributed by atoms with Crippen LogP contribution in [0.2, 0.25) is 0 Å². The first kappa shape index (κ1) is 29.1. The van der Waals surface area contributed by atoms with Crippen LogP contribution < -0.4 is 15.4 Å². The number of nitriles is 1. The van der Waals surface area contributed by atoms with Crippen LogP contribution in [0.1, 0.15) is 48.2 Å². The smallest absolute Gasteiger partial charge is 0.254 e. The number of fused-ring (bicyclic) bond motifs is 4. The van der Waals surface area contributed by atoms with E-state index >= 15 is 0 Å². The molecule has 4 aromatic heterocycles. The normalized spacial score (nSPS) is 23.4. The van der Waals surface area contributed by atoms with Crippen molar-refractivity contribution in [3.05, 3.63) is 60.3 Å². The van der Waals surface area contributed by atoms with Gasteiger partial charge in [0.05, 0.1) is 30.2 Å². The molecule has 2 saturated heterocycles. The third-order valence-corrected chi connectivity index (χ3v) is 11.1. The first-order valence-electron chi connectivity index (χ1n) is 17.0. The number of nitrogens with zero attached hydrogens (tertiary/aromatic N) is 9. The number of carbonyl (C=O) groups is 1. The number of imidazole rings is 1. The summed E-state index contributed by atoms with van der Waals surface area (Å²) in [5.41, 5.74) is 11.8. The molecule has 4 fully saturated rings. The first-order valence-corrected chi connectivity index (χ1v) is 17.0. The Morgan fingerprint density at radius 3 is 2.71 bits per heavy atom. The Hall–Kier alpha value is -5.02. The van der Waals surface area contributed by atoms with E-state index in [1.165, 1.54) is 19.2 Å². The van der Waals surface area contributed by atoms with Gasteiger partial charge in [0.15, 0.2) is 11.5 Å². The van der Waals surface area contributed by atoms with Gasteiger partial charge in [0.2, 0.25) is 0 Å². The molecule has 2 aliphatic heterocycles. The van der Waals surface area contributed by atoms with E-state index in [0.717, 1.165) is 78.2 Å². The number of rotatable bonds is 8. The molecule has 9 rings (SSSR count). The number of nitrogens with two attached hydrogens (primary N) is 1. The largest absolute Gasteiger partial charge is 0.494 e. The topological polar surface area (TPSA) is 144 Å². The molecule has 2 aliphatic carbocycles. The molecule has 5 aromatic rings. The van der Waals surface area contributed by atoms with Crippen LogP contribution in [0.15, 0.2) is 49.1 Å². The highest BCUT2D eigenvalue weighted by Crippen LogP contribution is 2.41. The van der Waals surface area contributed by atoms with Crippen molar-refractivity contribution in [2.24, 2.45) is 23.5 Å². The average Bonchev–Trinajstić information content (AvgIpc) is 3.42. The minimum Gasteiger partial charge on any atom is -0.494 e. The number of hydrogen-bond acceptors (Lipinski definition) is 9. The molecule has 1 amide bonds. The number of piperidine rings is 1. The Bertz CT molecular complexity index is 2110. The fourth-order valence-corrected chi connectivity index (χ4v) is 8.44. The molecule has 2 bridgehead atoms. The fourth-order valence-electron chi connectivity index (χ4n) is 8.44. The second-order valence-corrected chi connectivity index (χ2v) is 14.0. The first-order chi connectivity index (χ1) is 23.5. The van der Waals surface area contributed by atoms with E-state index in [1.54, 1.807) is 13.3 Å². The maximum Gasteiger partial charge on any atom is 0.254 e. The molecular weight excluding hydrogens is 604 g/mol. The van der Waals surface area contributed by atoms with E-state index in [-0.39, 0.29) is 23.9 Å². The van der Waals surface area contributed by atoms with E-state index in [9.17, 15) is 10.1 Å². The SMILES string of the molecule is COc1cc(C(=O)N2C[C@H]3CC[C@@H]2[C@@H]3N)cc2nc(-c3cc4cccnc4n3CC3CC3)n(C[C@H]3CCN(c4cncnc4C#N)C3)c12. The summed E-state index contributed by atoms with van der Waals surface area (Å²) >= 11 is 0. The predicted octanol–water partition coefficient (Wildman–Crippen LogP) is 4.22. The number of anilines is 1. The Morgan fingerprint density at radius 2 is 1.94 bits per heavy atom. The second kappa shape index (κ2) is 11.3. The lowest BCUT2D eigenvalue weighted by Gasteiger charge is -2.27. The minimum absolute atomic E-state index is 0.00851. The van der Waals surface area contributed by atoms with Gasteiger partial charge in [-0.2, -0.15) is 5.26 Å². The molecule has 2 N–H and O–H groups in total. The highest BCUT2D eigenvalue weighted by molar-refractivity contribution is 6.00. The number of carbonyl (C=O) groups excluding carboxylic acids is 1. The number of likely N-dealkylation sites (tertiary alicyclic amines) is 1. The molecule has 0 radical (unpaired) electrons. The van der Waals surface area contributed by atoms with Gasteiger partial charge >= 0.3 is 0 Å². The highest BCUT2D eigenvalue weighted by atomic mass is 16.5. The summed E-state index contributed by atoms with van der Waals surface area (Å²) < 4.78 is 10.7. The van der Waals surface area contributed by atoms with Crippen molar-refractivity contribution < 1.29 is 9.53 Å². The van der Waals surface area contributed by atoms with Crippen molar-refractivity contribution in [2.45, 2.75) is 57.3 Å². The quantitative estimate of drug-likeness (QED) is 0.263. The Labute approximate surface area is 278 Å².